The lowest BCUT2D eigenvalue weighted by atomic mass is 10.1. The zero-order valence-corrected chi connectivity index (χ0v) is 11.7. The quantitative estimate of drug-likeness (QED) is 0.712. The summed E-state index contributed by atoms with van der Waals surface area (Å²) in [7, 11) is 0. The number of aromatic nitrogens is 2. The van der Waals surface area contributed by atoms with Crippen LogP contribution in [0, 0.1) is 0 Å². The molecule has 1 aromatic heterocycles. The SMILES string of the molecule is CCCCCCCCNc1cnc2ccccc2n1. The Morgan fingerprint density at radius 2 is 1.68 bits per heavy atom. The van der Waals surface area contributed by atoms with E-state index in [2.05, 4.69) is 22.2 Å². The van der Waals surface area contributed by atoms with Crippen LogP contribution in [-0.4, -0.2) is 16.5 Å². The number of anilines is 1. The molecule has 0 radical (unpaired) electrons. The van der Waals surface area contributed by atoms with Crippen LogP contribution in [0.4, 0.5) is 5.82 Å². The van der Waals surface area contributed by atoms with E-state index in [9.17, 15) is 0 Å². The standard InChI is InChI=1S/C16H23N3/c1-2-3-4-5-6-9-12-17-16-13-18-14-10-7-8-11-15(14)19-16/h7-8,10-11,13H,2-6,9,12H2,1H3,(H,17,19). The molecular weight excluding hydrogens is 234 g/mol. The molecule has 1 N–H and O–H groups in total. The number of hydrogen-bond acceptors (Lipinski definition) is 3. The van der Waals surface area contributed by atoms with E-state index < -0.39 is 0 Å². The minimum Gasteiger partial charge on any atom is -0.369 e. The molecule has 102 valence electrons. The predicted molar refractivity (Wildman–Crippen MR) is 81.4 cm³/mol. The van der Waals surface area contributed by atoms with Gasteiger partial charge in [0.1, 0.15) is 5.82 Å². The number of hydrogen-bond donors (Lipinski definition) is 1. The lowest BCUT2D eigenvalue weighted by Crippen LogP contribution is -2.03. The number of rotatable bonds is 8. The van der Waals surface area contributed by atoms with Crippen LogP contribution in [-0.2, 0) is 0 Å². The highest BCUT2D eigenvalue weighted by Crippen LogP contribution is 2.11. The highest BCUT2D eigenvalue weighted by atomic mass is 15.0. The summed E-state index contributed by atoms with van der Waals surface area (Å²) < 4.78 is 0. The number of nitrogens with zero attached hydrogens (tertiary/aromatic N) is 2. The second kappa shape index (κ2) is 7.72. The lowest BCUT2D eigenvalue weighted by molar-refractivity contribution is 0.617. The molecule has 0 fully saturated rings. The summed E-state index contributed by atoms with van der Waals surface area (Å²) in [6.45, 7) is 3.24. The Morgan fingerprint density at radius 1 is 0.947 bits per heavy atom. The molecule has 0 saturated carbocycles. The molecule has 19 heavy (non-hydrogen) atoms. The number of unbranched alkanes of at least 4 members (excludes halogenated alkanes) is 5. The zero-order chi connectivity index (χ0) is 13.3. The van der Waals surface area contributed by atoms with Crippen molar-refractivity contribution in [1.29, 1.82) is 0 Å². The first-order valence-electron chi connectivity index (χ1n) is 7.36. The van der Waals surface area contributed by atoms with Gasteiger partial charge in [0.15, 0.2) is 0 Å². The van der Waals surface area contributed by atoms with Gasteiger partial charge in [0.25, 0.3) is 0 Å². The number of fused-ring (bicyclic) bond motifs is 1. The Hall–Kier alpha value is -1.64. The molecule has 0 aliphatic heterocycles. The van der Waals surface area contributed by atoms with Gasteiger partial charge in [0.05, 0.1) is 17.2 Å². The smallest absolute Gasteiger partial charge is 0.145 e. The second-order valence-corrected chi connectivity index (χ2v) is 4.94. The maximum Gasteiger partial charge on any atom is 0.145 e. The largest absolute Gasteiger partial charge is 0.369 e. The zero-order valence-electron chi connectivity index (χ0n) is 11.7. The highest BCUT2D eigenvalue weighted by Gasteiger charge is 1.98. The molecule has 2 rings (SSSR count). The van der Waals surface area contributed by atoms with Crippen molar-refractivity contribution < 1.29 is 0 Å². The fraction of sp³-hybridized carbons (Fsp3) is 0.500. The molecule has 1 aromatic carbocycles. The molecule has 2 aromatic rings. The minimum absolute atomic E-state index is 0.882. The Morgan fingerprint density at radius 3 is 2.53 bits per heavy atom. The van der Waals surface area contributed by atoms with E-state index in [0.29, 0.717) is 0 Å². The Balaban J connectivity index is 1.72. The van der Waals surface area contributed by atoms with Gasteiger partial charge in [-0.05, 0) is 18.6 Å². The van der Waals surface area contributed by atoms with Crippen molar-refractivity contribution >= 4 is 16.9 Å². The van der Waals surface area contributed by atoms with Crippen molar-refractivity contribution in [2.24, 2.45) is 0 Å². The summed E-state index contributed by atoms with van der Waals surface area (Å²) in [4.78, 5) is 8.94. The molecule has 0 saturated heterocycles. The third-order valence-corrected chi connectivity index (χ3v) is 3.29. The van der Waals surface area contributed by atoms with Gasteiger partial charge in [0, 0.05) is 6.54 Å². The monoisotopic (exact) mass is 257 g/mol. The fourth-order valence-corrected chi connectivity index (χ4v) is 2.16. The number of nitrogens with one attached hydrogen (secondary N) is 1. The summed E-state index contributed by atoms with van der Waals surface area (Å²) in [6, 6.07) is 7.97. The van der Waals surface area contributed by atoms with E-state index in [4.69, 9.17) is 0 Å². The van der Waals surface area contributed by atoms with Gasteiger partial charge >= 0.3 is 0 Å². The lowest BCUT2D eigenvalue weighted by Gasteiger charge is -2.06. The van der Waals surface area contributed by atoms with E-state index in [-0.39, 0.29) is 0 Å². The van der Waals surface area contributed by atoms with E-state index in [1.807, 2.05) is 30.5 Å². The van der Waals surface area contributed by atoms with E-state index >= 15 is 0 Å². The Kier molecular flexibility index (Phi) is 5.60. The first kappa shape index (κ1) is 13.8. The van der Waals surface area contributed by atoms with Crippen LogP contribution in [0.1, 0.15) is 45.4 Å². The molecule has 0 aliphatic rings. The average molecular weight is 257 g/mol. The van der Waals surface area contributed by atoms with E-state index in [1.54, 1.807) is 0 Å². The normalized spacial score (nSPS) is 10.8. The summed E-state index contributed by atoms with van der Waals surface area (Å²) >= 11 is 0. The molecule has 0 unspecified atom stereocenters. The molecule has 0 atom stereocenters. The van der Waals surface area contributed by atoms with Crippen LogP contribution in [0.2, 0.25) is 0 Å². The van der Waals surface area contributed by atoms with Gasteiger partial charge in [-0.25, -0.2) is 4.98 Å². The summed E-state index contributed by atoms with van der Waals surface area (Å²) in [5.41, 5.74) is 1.91. The Labute approximate surface area is 115 Å². The maximum absolute atomic E-state index is 4.55. The van der Waals surface area contributed by atoms with Crippen LogP contribution in [0.15, 0.2) is 30.5 Å². The molecule has 0 spiro atoms. The van der Waals surface area contributed by atoms with Crippen LogP contribution >= 0.6 is 0 Å². The molecule has 0 amide bonds. The van der Waals surface area contributed by atoms with Crippen LogP contribution in [0.5, 0.6) is 0 Å². The molecule has 0 aliphatic carbocycles. The van der Waals surface area contributed by atoms with Gasteiger partial charge in [0.2, 0.25) is 0 Å². The molecular formula is C16H23N3. The molecule has 3 heteroatoms. The van der Waals surface area contributed by atoms with Crippen molar-refractivity contribution in [3.63, 3.8) is 0 Å². The van der Waals surface area contributed by atoms with Gasteiger partial charge in [-0.15, -0.1) is 0 Å². The summed E-state index contributed by atoms with van der Waals surface area (Å²) in [6.07, 6.45) is 9.71. The fourth-order valence-electron chi connectivity index (χ4n) is 2.16. The van der Waals surface area contributed by atoms with Crippen molar-refractivity contribution in [2.45, 2.75) is 45.4 Å². The van der Waals surface area contributed by atoms with Gasteiger partial charge in [-0.2, -0.15) is 0 Å². The average Bonchev–Trinajstić information content (AvgIpc) is 2.46. The third-order valence-electron chi connectivity index (χ3n) is 3.29. The predicted octanol–water partition coefficient (Wildman–Crippen LogP) is 4.40. The second-order valence-electron chi connectivity index (χ2n) is 4.94. The molecule has 3 nitrogen and oxygen atoms in total. The van der Waals surface area contributed by atoms with Gasteiger partial charge < -0.3 is 5.32 Å². The van der Waals surface area contributed by atoms with E-state index in [0.717, 1.165) is 23.4 Å². The van der Waals surface area contributed by atoms with Crippen LogP contribution in [0.3, 0.4) is 0 Å². The third kappa shape index (κ3) is 4.51. The first-order chi connectivity index (χ1) is 9.40. The van der Waals surface area contributed by atoms with Crippen LogP contribution in [0.25, 0.3) is 11.0 Å². The summed E-state index contributed by atoms with van der Waals surface area (Å²) in [5, 5.41) is 3.35. The van der Waals surface area contributed by atoms with Gasteiger partial charge in [-0.3, -0.25) is 4.98 Å². The topological polar surface area (TPSA) is 37.8 Å². The van der Waals surface area contributed by atoms with Crippen molar-refractivity contribution in [3.05, 3.63) is 30.5 Å². The first-order valence-corrected chi connectivity index (χ1v) is 7.36. The van der Waals surface area contributed by atoms with Crippen molar-refractivity contribution in [1.82, 2.24) is 9.97 Å². The summed E-state index contributed by atoms with van der Waals surface area (Å²) in [5.74, 6) is 0.882. The molecule has 1 heterocycles. The minimum atomic E-state index is 0.882. The van der Waals surface area contributed by atoms with Crippen molar-refractivity contribution in [2.75, 3.05) is 11.9 Å². The molecule has 0 bridgehead atoms. The highest BCUT2D eigenvalue weighted by molar-refractivity contribution is 5.75. The van der Waals surface area contributed by atoms with Crippen molar-refractivity contribution in [3.8, 4) is 0 Å². The maximum atomic E-state index is 4.55. The Bertz CT molecular complexity index is 496. The van der Waals surface area contributed by atoms with Gasteiger partial charge in [-0.1, -0.05) is 51.2 Å². The number of benzene rings is 1. The number of para-hydroxylation sites is 2. The van der Waals surface area contributed by atoms with E-state index in [1.165, 1.54) is 38.5 Å². The van der Waals surface area contributed by atoms with Crippen LogP contribution < -0.4 is 5.32 Å².